The van der Waals surface area contributed by atoms with Crippen molar-refractivity contribution in [2.75, 3.05) is 0 Å². The Hall–Kier alpha value is -0.670. The molecule has 0 bridgehead atoms. The number of rotatable bonds is 2. The van der Waals surface area contributed by atoms with Crippen molar-refractivity contribution >= 4 is 21.7 Å². The van der Waals surface area contributed by atoms with Gasteiger partial charge in [-0.3, -0.25) is 4.79 Å². The quantitative estimate of drug-likeness (QED) is 0.860. The van der Waals surface area contributed by atoms with Gasteiger partial charge in [-0.1, -0.05) is 54.9 Å². The van der Waals surface area contributed by atoms with E-state index < -0.39 is 6.10 Å². The van der Waals surface area contributed by atoms with Crippen LogP contribution in [-0.4, -0.2) is 10.9 Å². The molecular formula is C17H23BrO2. The van der Waals surface area contributed by atoms with Crippen LogP contribution in [-0.2, 0) is 4.79 Å². The van der Waals surface area contributed by atoms with Gasteiger partial charge in [-0.2, -0.15) is 0 Å². The smallest absolute Gasteiger partial charge is 0.138 e. The molecule has 3 heteroatoms. The Morgan fingerprint density at radius 1 is 1.30 bits per heavy atom. The highest BCUT2D eigenvalue weighted by molar-refractivity contribution is 9.10. The lowest BCUT2D eigenvalue weighted by Gasteiger charge is -2.38. The summed E-state index contributed by atoms with van der Waals surface area (Å²) in [6.45, 7) is 6.65. The molecule has 1 aromatic carbocycles. The van der Waals surface area contributed by atoms with Gasteiger partial charge in [0, 0.05) is 16.8 Å². The SMILES string of the molecule is CC(C)(C)C1CCC(=O)C([C@H](O)c2ccccc2Br)C1. The lowest BCUT2D eigenvalue weighted by atomic mass is 9.67. The Balaban J connectivity index is 2.22. The Labute approximate surface area is 129 Å². The van der Waals surface area contributed by atoms with Gasteiger partial charge < -0.3 is 5.11 Å². The molecule has 1 fully saturated rings. The summed E-state index contributed by atoms with van der Waals surface area (Å²) in [5.41, 5.74) is 1.01. The maximum absolute atomic E-state index is 12.2. The van der Waals surface area contributed by atoms with E-state index in [0.29, 0.717) is 12.3 Å². The first-order chi connectivity index (χ1) is 9.30. The molecule has 1 N–H and O–H groups in total. The van der Waals surface area contributed by atoms with Crippen LogP contribution in [0.3, 0.4) is 0 Å². The zero-order valence-electron chi connectivity index (χ0n) is 12.4. The number of Topliss-reactive ketones (excluding diaryl/α,β-unsaturated/α-hetero) is 1. The van der Waals surface area contributed by atoms with Crippen molar-refractivity contribution in [3.63, 3.8) is 0 Å². The molecule has 2 rings (SSSR count). The van der Waals surface area contributed by atoms with Crippen molar-refractivity contribution in [2.45, 2.75) is 46.1 Å². The van der Waals surface area contributed by atoms with Crippen molar-refractivity contribution < 1.29 is 9.90 Å². The maximum Gasteiger partial charge on any atom is 0.138 e. The van der Waals surface area contributed by atoms with E-state index in [1.807, 2.05) is 24.3 Å². The maximum atomic E-state index is 12.2. The molecule has 0 radical (unpaired) electrons. The second-order valence-electron chi connectivity index (χ2n) is 6.88. The van der Waals surface area contributed by atoms with E-state index in [-0.39, 0.29) is 17.1 Å². The number of aliphatic hydroxyl groups excluding tert-OH is 1. The second kappa shape index (κ2) is 5.98. The molecule has 0 aliphatic heterocycles. The predicted molar refractivity (Wildman–Crippen MR) is 84.4 cm³/mol. The van der Waals surface area contributed by atoms with Crippen molar-refractivity contribution in [1.82, 2.24) is 0 Å². The number of aliphatic hydroxyl groups is 1. The molecule has 0 spiro atoms. The van der Waals surface area contributed by atoms with Gasteiger partial charge in [-0.25, -0.2) is 0 Å². The van der Waals surface area contributed by atoms with Gasteiger partial charge in [0.15, 0.2) is 0 Å². The largest absolute Gasteiger partial charge is 0.388 e. The van der Waals surface area contributed by atoms with Gasteiger partial charge in [-0.05, 0) is 35.8 Å². The van der Waals surface area contributed by atoms with Crippen LogP contribution < -0.4 is 0 Å². The van der Waals surface area contributed by atoms with E-state index in [0.717, 1.165) is 22.9 Å². The third-order valence-corrected chi connectivity index (χ3v) is 5.24. The van der Waals surface area contributed by atoms with Gasteiger partial charge in [0.2, 0.25) is 0 Å². The van der Waals surface area contributed by atoms with Gasteiger partial charge in [0.05, 0.1) is 6.10 Å². The Kier molecular flexibility index (Phi) is 4.70. The summed E-state index contributed by atoms with van der Waals surface area (Å²) in [4.78, 5) is 12.2. The minimum absolute atomic E-state index is 0.187. The van der Waals surface area contributed by atoms with Crippen LogP contribution in [0.1, 0.15) is 51.7 Å². The van der Waals surface area contributed by atoms with Crippen LogP contribution in [0.15, 0.2) is 28.7 Å². The van der Waals surface area contributed by atoms with Crippen LogP contribution in [0.5, 0.6) is 0 Å². The van der Waals surface area contributed by atoms with Crippen molar-refractivity contribution in [1.29, 1.82) is 0 Å². The van der Waals surface area contributed by atoms with Crippen molar-refractivity contribution in [3.05, 3.63) is 34.3 Å². The van der Waals surface area contributed by atoms with Crippen LogP contribution in [0.4, 0.5) is 0 Å². The third kappa shape index (κ3) is 3.32. The lowest BCUT2D eigenvalue weighted by Crippen LogP contribution is -2.35. The van der Waals surface area contributed by atoms with Gasteiger partial charge in [-0.15, -0.1) is 0 Å². The lowest BCUT2D eigenvalue weighted by molar-refractivity contribution is -0.131. The number of halogens is 1. The fourth-order valence-electron chi connectivity index (χ4n) is 3.08. The van der Waals surface area contributed by atoms with Gasteiger partial charge >= 0.3 is 0 Å². The van der Waals surface area contributed by atoms with E-state index in [4.69, 9.17) is 0 Å². The van der Waals surface area contributed by atoms with E-state index in [2.05, 4.69) is 36.7 Å². The van der Waals surface area contributed by atoms with E-state index in [9.17, 15) is 9.90 Å². The Bertz CT molecular complexity index is 490. The third-order valence-electron chi connectivity index (χ3n) is 4.52. The first-order valence-electron chi connectivity index (χ1n) is 7.26. The van der Waals surface area contributed by atoms with Gasteiger partial charge in [0.1, 0.15) is 5.78 Å². The molecular weight excluding hydrogens is 316 g/mol. The van der Waals surface area contributed by atoms with E-state index in [1.54, 1.807) is 0 Å². The highest BCUT2D eigenvalue weighted by Crippen LogP contribution is 2.43. The van der Waals surface area contributed by atoms with Crippen LogP contribution in [0.2, 0.25) is 0 Å². The molecule has 0 amide bonds. The zero-order chi connectivity index (χ0) is 14.9. The summed E-state index contributed by atoms with van der Waals surface area (Å²) in [6, 6.07) is 7.62. The summed E-state index contributed by atoms with van der Waals surface area (Å²) in [5.74, 6) is 0.419. The minimum Gasteiger partial charge on any atom is -0.388 e. The fourth-order valence-corrected chi connectivity index (χ4v) is 3.60. The first kappa shape index (κ1) is 15.7. The predicted octanol–water partition coefficient (Wildman–Crippen LogP) is 4.51. The molecule has 110 valence electrons. The fraction of sp³-hybridized carbons (Fsp3) is 0.588. The minimum atomic E-state index is -0.705. The number of hydrogen-bond donors (Lipinski definition) is 1. The van der Waals surface area contributed by atoms with Crippen LogP contribution in [0, 0.1) is 17.3 Å². The molecule has 1 aromatic rings. The van der Waals surface area contributed by atoms with E-state index >= 15 is 0 Å². The summed E-state index contributed by atoms with van der Waals surface area (Å²) < 4.78 is 0.873. The Morgan fingerprint density at radius 2 is 1.95 bits per heavy atom. The first-order valence-corrected chi connectivity index (χ1v) is 8.05. The Morgan fingerprint density at radius 3 is 2.55 bits per heavy atom. The topological polar surface area (TPSA) is 37.3 Å². The standard InChI is InChI=1S/C17H23BrO2/c1-17(2,3)11-8-9-15(19)13(10-11)16(20)12-6-4-5-7-14(12)18/h4-7,11,13,16,20H,8-10H2,1-3H3/t11?,13?,16-/m1/s1. The number of carbonyl (C=O) groups is 1. The number of hydrogen-bond acceptors (Lipinski definition) is 2. The summed E-state index contributed by atoms with van der Waals surface area (Å²) in [7, 11) is 0. The molecule has 2 nitrogen and oxygen atoms in total. The number of carbonyl (C=O) groups excluding carboxylic acids is 1. The number of benzene rings is 1. The molecule has 0 heterocycles. The molecule has 0 saturated heterocycles. The molecule has 1 aliphatic carbocycles. The molecule has 2 unspecified atom stereocenters. The summed E-state index contributed by atoms with van der Waals surface area (Å²) in [5, 5.41) is 10.6. The second-order valence-corrected chi connectivity index (χ2v) is 7.73. The molecule has 1 saturated carbocycles. The van der Waals surface area contributed by atoms with Crippen molar-refractivity contribution in [2.24, 2.45) is 17.3 Å². The average Bonchev–Trinajstić information content (AvgIpc) is 2.37. The van der Waals surface area contributed by atoms with Gasteiger partial charge in [0.25, 0.3) is 0 Å². The molecule has 20 heavy (non-hydrogen) atoms. The zero-order valence-corrected chi connectivity index (χ0v) is 14.0. The summed E-state index contributed by atoms with van der Waals surface area (Å²) >= 11 is 3.47. The number of ketones is 1. The van der Waals surface area contributed by atoms with Crippen LogP contribution in [0.25, 0.3) is 0 Å². The average molecular weight is 339 g/mol. The van der Waals surface area contributed by atoms with E-state index in [1.165, 1.54) is 0 Å². The summed E-state index contributed by atoms with van der Waals surface area (Å²) in [6.07, 6.45) is 1.61. The van der Waals surface area contributed by atoms with Crippen LogP contribution >= 0.6 is 15.9 Å². The molecule has 1 aliphatic rings. The molecule has 3 atom stereocenters. The molecule has 0 aromatic heterocycles. The normalized spacial score (nSPS) is 25.6. The van der Waals surface area contributed by atoms with Crippen molar-refractivity contribution in [3.8, 4) is 0 Å². The highest BCUT2D eigenvalue weighted by atomic mass is 79.9. The monoisotopic (exact) mass is 338 g/mol. The highest BCUT2D eigenvalue weighted by Gasteiger charge is 2.38.